The maximum absolute atomic E-state index is 10.4. The molecule has 147 valence electrons. The summed E-state index contributed by atoms with van der Waals surface area (Å²) in [6.45, 7) is 20.6. The Balaban J connectivity index is -0.000000372. The van der Waals surface area contributed by atoms with Crippen molar-refractivity contribution in [3.63, 3.8) is 0 Å². The van der Waals surface area contributed by atoms with Gasteiger partial charge in [-0.2, -0.15) is 0 Å². The maximum Gasteiger partial charge on any atom is 0.0419 e. The van der Waals surface area contributed by atoms with Gasteiger partial charge < -0.3 is 19.8 Å². The van der Waals surface area contributed by atoms with Gasteiger partial charge in [-0.25, -0.2) is 0 Å². The van der Waals surface area contributed by atoms with E-state index in [2.05, 4.69) is 41.5 Å². The number of carbonyl (C=O) groups is 2. The van der Waals surface area contributed by atoms with Crippen LogP contribution in [0.25, 0.3) is 0 Å². The fourth-order valence-corrected chi connectivity index (χ4v) is 3.78. The molecule has 0 amide bonds. The first-order valence-corrected chi connectivity index (χ1v) is 8.64. The second kappa shape index (κ2) is 11.1. The minimum absolute atomic E-state index is 0. The van der Waals surface area contributed by atoms with Crippen molar-refractivity contribution in [2.45, 2.75) is 94.9 Å². The fraction of sp³-hybridized carbons (Fsp3) is 0.900. The van der Waals surface area contributed by atoms with Crippen LogP contribution in [0.1, 0.15) is 94.9 Å². The molecule has 0 N–H and O–H groups in total. The van der Waals surface area contributed by atoms with Gasteiger partial charge in [0.05, 0.1) is 0 Å². The van der Waals surface area contributed by atoms with Crippen molar-refractivity contribution in [1.29, 1.82) is 0 Å². The Morgan fingerprint density at radius 3 is 0.920 bits per heavy atom. The first kappa shape index (κ1) is 29.9. The predicted octanol–water partition coefficient (Wildman–Crippen LogP) is 3.18. The Morgan fingerprint density at radius 1 is 0.600 bits per heavy atom. The second-order valence-corrected chi connectivity index (χ2v) is 10.9. The number of hydrogen-bond donors (Lipinski definition) is 0. The van der Waals surface area contributed by atoms with E-state index in [-0.39, 0.29) is 70.1 Å². The molecule has 0 aromatic rings. The molecule has 0 aliphatic rings. The van der Waals surface area contributed by atoms with Gasteiger partial charge in [0.2, 0.25) is 0 Å². The van der Waals surface area contributed by atoms with Gasteiger partial charge in [-0.3, -0.25) is 0 Å². The number of rotatable bonds is 6. The minimum Gasteiger partial charge on any atom is -0.550 e. The van der Waals surface area contributed by atoms with Gasteiger partial charge in [0, 0.05) is 47.5 Å². The zero-order chi connectivity index (χ0) is 20.0. The summed E-state index contributed by atoms with van der Waals surface area (Å²) in [5, 5.41) is 20.8. The van der Waals surface area contributed by atoms with Crippen LogP contribution in [0.5, 0.6) is 0 Å². The van der Waals surface area contributed by atoms with Gasteiger partial charge in [-0.15, -0.1) is 0 Å². The van der Waals surface area contributed by atoms with E-state index in [0.717, 1.165) is 12.8 Å². The van der Waals surface area contributed by atoms with Crippen LogP contribution in [0.15, 0.2) is 0 Å². The minimum atomic E-state index is -0.954. The molecule has 0 heterocycles. The number of carboxylic acids is 2. The summed E-state index contributed by atoms with van der Waals surface area (Å²) in [6, 6.07) is 0. The van der Waals surface area contributed by atoms with E-state index < -0.39 is 11.9 Å². The van der Waals surface area contributed by atoms with Crippen LogP contribution in [0.3, 0.4) is 0 Å². The molecule has 0 aliphatic heterocycles. The number of carboxylic acid groups (broad SMARTS) is 2. The molecule has 0 aliphatic carbocycles. The fourth-order valence-electron chi connectivity index (χ4n) is 3.78. The van der Waals surface area contributed by atoms with Crippen LogP contribution >= 0.6 is 0 Å². The maximum atomic E-state index is 10.4. The Hall–Kier alpha value is 0.135. The van der Waals surface area contributed by atoms with Crippen molar-refractivity contribution in [1.82, 2.24) is 0 Å². The molecule has 0 spiro atoms. The van der Waals surface area contributed by atoms with E-state index in [0.29, 0.717) is 0 Å². The summed E-state index contributed by atoms with van der Waals surface area (Å²) < 4.78 is 0. The third-order valence-corrected chi connectivity index (χ3v) is 3.26. The van der Waals surface area contributed by atoms with Crippen LogP contribution in [-0.4, -0.2) is 11.9 Å². The van der Waals surface area contributed by atoms with E-state index in [1.54, 1.807) is 0 Å². The zero-order valence-electron chi connectivity index (χ0n) is 18.0. The van der Waals surface area contributed by atoms with Crippen molar-refractivity contribution in [3.8, 4) is 0 Å². The summed E-state index contributed by atoms with van der Waals surface area (Å²) in [5.41, 5.74) is 0.0477. The smallest absolute Gasteiger partial charge is 0.0419 e. The van der Waals surface area contributed by atoms with Crippen LogP contribution in [0.2, 0.25) is 0 Å². The van der Waals surface area contributed by atoms with Crippen molar-refractivity contribution in [2.75, 3.05) is 0 Å². The molecule has 0 aromatic heterocycles. The molecule has 5 heteroatoms. The third kappa shape index (κ3) is 24.1. The van der Waals surface area contributed by atoms with E-state index in [9.17, 15) is 19.8 Å². The van der Waals surface area contributed by atoms with Crippen LogP contribution in [-0.2, 0) is 9.59 Å². The van der Waals surface area contributed by atoms with Crippen molar-refractivity contribution < 1.29 is 55.4 Å². The van der Waals surface area contributed by atoms with Gasteiger partial charge in [-0.05, 0) is 47.3 Å². The summed E-state index contributed by atoms with van der Waals surface area (Å²) >= 11 is 0. The topological polar surface area (TPSA) is 80.3 Å². The molecular formula is C20H38LaO4-2. The quantitative estimate of drug-likeness (QED) is 0.584. The summed E-state index contributed by atoms with van der Waals surface area (Å²) in [5.74, 6) is -1.91. The summed E-state index contributed by atoms with van der Waals surface area (Å²) in [7, 11) is 0. The number of hydrogen-bond acceptors (Lipinski definition) is 4. The Kier molecular flexibility index (Phi) is 13.3. The second-order valence-electron chi connectivity index (χ2n) is 10.9. The van der Waals surface area contributed by atoms with Crippen molar-refractivity contribution in [2.24, 2.45) is 21.7 Å². The molecule has 0 saturated heterocycles. The van der Waals surface area contributed by atoms with Gasteiger partial charge in [-0.1, -0.05) is 69.2 Å². The van der Waals surface area contributed by atoms with Gasteiger partial charge in [0.1, 0.15) is 0 Å². The normalized spacial score (nSPS) is 12.6. The number of aliphatic carboxylic acids is 2. The van der Waals surface area contributed by atoms with Gasteiger partial charge >= 0.3 is 0 Å². The molecule has 1 radical (unpaired) electrons. The molecule has 0 rings (SSSR count). The van der Waals surface area contributed by atoms with E-state index >= 15 is 0 Å². The van der Waals surface area contributed by atoms with Crippen LogP contribution < -0.4 is 10.2 Å². The van der Waals surface area contributed by atoms with Gasteiger partial charge in [0.15, 0.2) is 0 Å². The Labute approximate surface area is 183 Å². The molecule has 25 heavy (non-hydrogen) atoms. The largest absolute Gasteiger partial charge is 0.550 e. The SMILES string of the molecule is CC(C)(C)CC(C)(C)CC(=O)[O-].CC(C)(C)CC(C)(C)CC(=O)[O-].[La]. The standard InChI is InChI=1S/2C10H20O2.La/c2*1-9(2,3)7-10(4,5)6-8(11)12;/h2*6-7H2,1-5H3,(H,11,12);/p-2. The van der Waals surface area contributed by atoms with Crippen LogP contribution in [0, 0.1) is 57.3 Å². The molecule has 0 atom stereocenters. The van der Waals surface area contributed by atoms with E-state index in [1.807, 2.05) is 27.7 Å². The number of carbonyl (C=O) groups excluding carboxylic acids is 2. The molecule has 4 nitrogen and oxygen atoms in total. The summed E-state index contributed by atoms with van der Waals surface area (Å²) in [6.07, 6.45) is 2.08. The van der Waals surface area contributed by atoms with Gasteiger partial charge in [0.25, 0.3) is 0 Å². The van der Waals surface area contributed by atoms with Crippen LogP contribution in [0.4, 0.5) is 0 Å². The van der Waals surface area contributed by atoms with Crippen molar-refractivity contribution >= 4 is 11.9 Å². The van der Waals surface area contributed by atoms with E-state index in [4.69, 9.17) is 0 Å². The monoisotopic (exact) mass is 481 g/mol. The molecule has 0 aromatic carbocycles. The Morgan fingerprint density at radius 2 is 0.800 bits per heavy atom. The summed E-state index contributed by atoms with van der Waals surface area (Å²) in [4.78, 5) is 20.8. The molecule has 0 unspecified atom stereocenters. The molecule has 0 saturated carbocycles. The third-order valence-electron chi connectivity index (χ3n) is 3.26. The first-order chi connectivity index (χ1) is 10.2. The Bertz CT molecular complexity index is 372. The average molecular weight is 481 g/mol. The first-order valence-electron chi connectivity index (χ1n) is 8.64. The molecule has 0 fully saturated rings. The predicted molar refractivity (Wildman–Crippen MR) is 95.0 cm³/mol. The zero-order valence-corrected chi connectivity index (χ0v) is 21.7. The molecule has 0 bridgehead atoms. The molecular weight excluding hydrogens is 443 g/mol. The van der Waals surface area contributed by atoms with Crippen molar-refractivity contribution in [3.05, 3.63) is 0 Å². The average Bonchev–Trinajstić information content (AvgIpc) is 2.02. The van der Waals surface area contributed by atoms with E-state index in [1.165, 1.54) is 0 Å².